The van der Waals surface area contributed by atoms with Crippen LogP contribution in [0.2, 0.25) is 0 Å². The average Bonchev–Trinajstić information content (AvgIpc) is 2.37. The molecule has 1 amide bonds. The quantitative estimate of drug-likeness (QED) is 0.835. The van der Waals surface area contributed by atoms with Crippen molar-refractivity contribution >= 4 is 5.91 Å². The van der Waals surface area contributed by atoms with Crippen molar-refractivity contribution in [2.45, 2.75) is 19.9 Å². The molecule has 4 nitrogen and oxygen atoms in total. The first-order chi connectivity index (χ1) is 8.12. The second-order valence-electron chi connectivity index (χ2n) is 3.95. The lowest BCUT2D eigenvalue weighted by atomic mass is 10.1. The number of hydrogen-bond acceptors (Lipinski definition) is 3. The number of likely N-dealkylation sites (N-methyl/N-ethyl adjacent to an activating group) is 1. The van der Waals surface area contributed by atoms with Gasteiger partial charge in [0.25, 0.3) is 0 Å². The number of aryl methyl sites for hydroxylation is 1. The van der Waals surface area contributed by atoms with Gasteiger partial charge in [0.1, 0.15) is 5.75 Å². The fourth-order valence-corrected chi connectivity index (χ4v) is 1.72. The minimum atomic E-state index is -0.0566. The maximum atomic E-state index is 11.4. The average molecular weight is 236 g/mol. The van der Waals surface area contributed by atoms with Crippen LogP contribution in [-0.2, 0) is 17.8 Å². The fraction of sp³-hybridized carbons (Fsp3) is 0.462. The van der Waals surface area contributed by atoms with E-state index in [1.54, 1.807) is 19.1 Å². The largest absolute Gasteiger partial charge is 0.496 e. The van der Waals surface area contributed by atoms with Crippen LogP contribution in [0.25, 0.3) is 0 Å². The summed E-state index contributed by atoms with van der Waals surface area (Å²) >= 11 is 0. The molecule has 0 aromatic heterocycles. The van der Waals surface area contributed by atoms with Gasteiger partial charge in [-0.15, -0.1) is 0 Å². The van der Waals surface area contributed by atoms with Gasteiger partial charge in [-0.2, -0.15) is 0 Å². The van der Waals surface area contributed by atoms with Crippen LogP contribution in [0.5, 0.6) is 5.75 Å². The number of rotatable bonds is 5. The van der Waals surface area contributed by atoms with Gasteiger partial charge in [0.2, 0.25) is 5.91 Å². The molecule has 0 heterocycles. The van der Waals surface area contributed by atoms with E-state index in [2.05, 4.69) is 13.0 Å². The summed E-state index contributed by atoms with van der Waals surface area (Å²) in [6.07, 6.45) is 0.908. The number of ether oxygens (including phenoxy) is 1. The van der Waals surface area contributed by atoms with Crippen molar-refractivity contribution in [3.8, 4) is 5.75 Å². The molecule has 94 valence electrons. The molecule has 0 atom stereocenters. The molecule has 2 N–H and O–H groups in total. The molecule has 0 aliphatic rings. The maximum absolute atomic E-state index is 11.4. The summed E-state index contributed by atoms with van der Waals surface area (Å²) in [5.41, 5.74) is 7.56. The highest BCUT2D eigenvalue weighted by Gasteiger charge is 2.08. The molecule has 4 heteroatoms. The van der Waals surface area contributed by atoms with Crippen molar-refractivity contribution in [1.29, 1.82) is 0 Å². The second kappa shape index (κ2) is 6.25. The van der Waals surface area contributed by atoms with Crippen LogP contribution >= 0.6 is 0 Å². The Bertz CT molecular complexity index is 391. The van der Waals surface area contributed by atoms with Crippen LogP contribution in [0.3, 0.4) is 0 Å². The fourth-order valence-electron chi connectivity index (χ4n) is 1.72. The zero-order valence-electron chi connectivity index (χ0n) is 10.7. The molecule has 0 aliphatic heterocycles. The van der Waals surface area contributed by atoms with Gasteiger partial charge >= 0.3 is 0 Å². The standard InChI is InChI=1S/C13H20N2O2/c1-4-11-7-10(5-6-12(11)17-3)9-15(2)13(16)8-14/h5-7H,4,8-9,14H2,1-3H3. The molecule has 0 radical (unpaired) electrons. The molecule has 0 spiro atoms. The molecule has 0 aliphatic carbocycles. The number of carbonyl (C=O) groups is 1. The Balaban J connectivity index is 2.82. The van der Waals surface area contributed by atoms with Gasteiger partial charge in [0, 0.05) is 13.6 Å². The summed E-state index contributed by atoms with van der Waals surface area (Å²) in [6, 6.07) is 5.98. The lowest BCUT2D eigenvalue weighted by Crippen LogP contribution is -2.32. The number of methoxy groups -OCH3 is 1. The third kappa shape index (κ3) is 3.46. The number of nitrogens with zero attached hydrogens (tertiary/aromatic N) is 1. The summed E-state index contributed by atoms with van der Waals surface area (Å²) in [7, 11) is 3.42. The van der Waals surface area contributed by atoms with E-state index in [1.807, 2.05) is 12.1 Å². The summed E-state index contributed by atoms with van der Waals surface area (Å²) in [5.74, 6) is 0.836. The highest BCUT2D eigenvalue weighted by atomic mass is 16.5. The predicted molar refractivity (Wildman–Crippen MR) is 67.9 cm³/mol. The normalized spacial score (nSPS) is 10.1. The summed E-state index contributed by atoms with van der Waals surface area (Å²) in [4.78, 5) is 13.0. The zero-order chi connectivity index (χ0) is 12.8. The molecule has 1 aromatic carbocycles. The van der Waals surface area contributed by atoms with Crippen LogP contribution in [0.4, 0.5) is 0 Å². The van der Waals surface area contributed by atoms with Crippen molar-refractivity contribution < 1.29 is 9.53 Å². The van der Waals surface area contributed by atoms with Crippen molar-refractivity contribution in [1.82, 2.24) is 4.90 Å². The maximum Gasteiger partial charge on any atom is 0.236 e. The van der Waals surface area contributed by atoms with Gasteiger partial charge in [0.15, 0.2) is 0 Å². The van der Waals surface area contributed by atoms with Crippen molar-refractivity contribution in [2.75, 3.05) is 20.7 Å². The third-order valence-corrected chi connectivity index (χ3v) is 2.75. The number of amides is 1. The highest BCUT2D eigenvalue weighted by molar-refractivity contribution is 5.77. The Morgan fingerprint density at radius 2 is 2.18 bits per heavy atom. The Kier molecular flexibility index (Phi) is 4.97. The van der Waals surface area contributed by atoms with Crippen LogP contribution in [0, 0.1) is 0 Å². The molecule has 17 heavy (non-hydrogen) atoms. The van der Waals surface area contributed by atoms with E-state index < -0.39 is 0 Å². The van der Waals surface area contributed by atoms with E-state index in [-0.39, 0.29) is 12.5 Å². The van der Waals surface area contributed by atoms with Crippen molar-refractivity contribution in [2.24, 2.45) is 5.73 Å². The molecule has 0 unspecified atom stereocenters. The minimum Gasteiger partial charge on any atom is -0.496 e. The first-order valence-corrected chi connectivity index (χ1v) is 5.72. The van der Waals surface area contributed by atoms with Crippen molar-refractivity contribution in [3.05, 3.63) is 29.3 Å². The van der Waals surface area contributed by atoms with Crippen LogP contribution < -0.4 is 10.5 Å². The van der Waals surface area contributed by atoms with Crippen LogP contribution in [-0.4, -0.2) is 31.5 Å². The van der Waals surface area contributed by atoms with Gasteiger partial charge in [-0.1, -0.05) is 19.1 Å². The number of nitrogens with two attached hydrogens (primary N) is 1. The molecule has 0 fully saturated rings. The number of carbonyl (C=O) groups excluding carboxylic acids is 1. The van der Waals surface area contributed by atoms with E-state index in [0.29, 0.717) is 6.54 Å². The van der Waals surface area contributed by atoms with Gasteiger partial charge in [0.05, 0.1) is 13.7 Å². The molecule has 1 aromatic rings. The monoisotopic (exact) mass is 236 g/mol. The van der Waals surface area contributed by atoms with E-state index in [1.165, 1.54) is 0 Å². The van der Waals surface area contributed by atoms with E-state index >= 15 is 0 Å². The Hall–Kier alpha value is -1.55. The molecular weight excluding hydrogens is 216 g/mol. The number of hydrogen-bond donors (Lipinski definition) is 1. The SMILES string of the molecule is CCc1cc(CN(C)C(=O)CN)ccc1OC. The molecule has 0 saturated carbocycles. The summed E-state index contributed by atoms with van der Waals surface area (Å²) < 4.78 is 5.26. The van der Waals surface area contributed by atoms with E-state index in [9.17, 15) is 4.79 Å². The second-order valence-corrected chi connectivity index (χ2v) is 3.95. The zero-order valence-corrected chi connectivity index (χ0v) is 10.7. The third-order valence-electron chi connectivity index (χ3n) is 2.75. The predicted octanol–water partition coefficient (Wildman–Crippen LogP) is 1.17. The van der Waals surface area contributed by atoms with Crippen molar-refractivity contribution in [3.63, 3.8) is 0 Å². The molecule has 1 rings (SSSR count). The summed E-state index contributed by atoms with van der Waals surface area (Å²) in [5, 5.41) is 0. The van der Waals surface area contributed by atoms with Crippen LogP contribution in [0.15, 0.2) is 18.2 Å². The van der Waals surface area contributed by atoms with Gasteiger partial charge in [-0.3, -0.25) is 4.79 Å². The van der Waals surface area contributed by atoms with E-state index in [4.69, 9.17) is 10.5 Å². The van der Waals surface area contributed by atoms with Gasteiger partial charge in [-0.25, -0.2) is 0 Å². The Morgan fingerprint density at radius 1 is 1.47 bits per heavy atom. The first-order valence-electron chi connectivity index (χ1n) is 5.72. The Labute approximate surface area is 102 Å². The van der Waals surface area contributed by atoms with Crippen LogP contribution in [0.1, 0.15) is 18.1 Å². The topological polar surface area (TPSA) is 55.6 Å². The Morgan fingerprint density at radius 3 is 2.71 bits per heavy atom. The minimum absolute atomic E-state index is 0.0489. The lowest BCUT2D eigenvalue weighted by molar-refractivity contribution is -0.128. The lowest BCUT2D eigenvalue weighted by Gasteiger charge is -2.17. The van der Waals surface area contributed by atoms with Gasteiger partial charge < -0.3 is 15.4 Å². The summed E-state index contributed by atoms with van der Waals surface area (Å²) in [6.45, 7) is 2.71. The van der Waals surface area contributed by atoms with Gasteiger partial charge in [-0.05, 0) is 23.6 Å². The molecular formula is C13H20N2O2. The molecule has 0 bridgehead atoms. The smallest absolute Gasteiger partial charge is 0.236 e. The molecule has 0 saturated heterocycles. The highest BCUT2D eigenvalue weighted by Crippen LogP contribution is 2.20. The number of benzene rings is 1. The van der Waals surface area contributed by atoms with E-state index in [0.717, 1.165) is 23.3 Å². The first kappa shape index (κ1) is 13.5.